The van der Waals surface area contributed by atoms with Gasteiger partial charge >= 0.3 is 0 Å². The summed E-state index contributed by atoms with van der Waals surface area (Å²) < 4.78 is 0. The fraction of sp³-hybridized carbons (Fsp3) is 0.462. The van der Waals surface area contributed by atoms with Crippen molar-refractivity contribution in [3.8, 4) is 0 Å². The van der Waals surface area contributed by atoms with Gasteiger partial charge < -0.3 is 4.90 Å². The number of carbonyl (C=O) groups excluding carboxylic acids is 1. The van der Waals surface area contributed by atoms with Crippen LogP contribution in [0.5, 0.6) is 0 Å². The zero-order valence-corrected chi connectivity index (χ0v) is 10.6. The molecule has 3 heteroatoms. The number of amides is 1. The van der Waals surface area contributed by atoms with Gasteiger partial charge in [-0.05, 0) is 25.0 Å². The van der Waals surface area contributed by atoms with Gasteiger partial charge in [0.2, 0.25) is 5.91 Å². The minimum absolute atomic E-state index is 0.0237. The first-order valence-electron chi connectivity index (χ1n) is 5.62. The fourth-order valence-corrected chi connectivity index (χ4v) is 1.78. The zero-order valence-electron chi connectivity index (χ0n) is 9.87. The van der Waals surface area contributed by atoms with Crippen LogP contribution in [-0.2, 0) is 4.79 Å². The molecular weight excluding hydrogens is 222 g/mol. The highest BCUT2D eigenvalue weighted by molar-refractivity contribution is 6.29. The van der Waals surface area contributed by atoms with Crippen LogP contribution < -0.4 is 4.90 Å². The van der Waals surface area contributed by atoms with Gasteiger partial charge in [0, 0.05) is 12.2 Å². The number of rotatable bonds is 5. The number of hydrogen-bond donors (Lipinski definition) is 0. The average Bonchev–Trinajstić information content (AvgIpc) is 2.31. The Morgan fingerprint density at radius 3 is 2.62 bits per heavy atom. The molecule has 0 saturated heterocycles. The Balaban J connectivity index is 2.92. The van der Waals surface area contributed by atoms with Gasteiger partial charge in [0.05, 0.1) is 0 Å². The summed E-state index contributed by atoms with van der Waals surface area (Å²) in [5, 5.41) is 0. The summed E-state index contributed by atoms with van der Waals surface area (Å²) in [7, 11) is 0. The minimum Gasteiger partial charge on any atom is -0.311 e. The van der Waals surface area contributed by atoms with Crippen molar-refractivity contribution in [3.63, 3.8) is 0 Å². The Hall–Kier alpha value is -1.02. The number of nitrogens with zero attached hydrogens (tertiary/aromatic N) is 1. The first kappa shape index (κ1) is 13.0. The molecule has 1 aromatic rings. The molecule has 0 saturated carbocycles. The number of benzene rings is 1. The maximum absolute atomic E-state index is 11.8. The zero-order chi connectivity index (χ0) is 12.0. The van der Waals surface area contributed by atoms with Crippen LogP contribution in [0.2, 0.25) is 0 Å². The highest BCUT2D eigenvalue weighted by Gasteiger charge is 2.15. The number of unbranched alkanes of at least 4 members (excludes halogenated alkanes) is 1. The van der Waals surface area contributed by atoms with Crippen molar-refractivity contribution in [2.24, 2.45) is 0 Å². The van der Waals surface area contributed by atoms with Crippen LogP contribution in [0.4, 0.5) is 5.69 Å². The molecule has 0 N–H and O–H groups in total. The van der Waals surface area contributed by atoms with E-state index in [1.807, 2.05) is 31.2 Å². The van der Waals surface area contributed by atoms with Gasteiger partial charge in [-0.25, -0.2) is 0 Å². The standard InChI is InChI=1S/C13H18ClNO/c1-3-4-9-15(13(16)10-14)12-8-6-5-7-11(12)2/h5-8H,3-4,9-10H2,1-2H3. The van der Waals surface area contributed by atoms with Crippen LogP contribution in [0.1, 0.15) is 25.3 Å². The molecule has 2 nitrogen and oxygen atoms in total. The number of hydrogen-bond acceptors (Lipinski definition) is 1. The number of alkyl halides is 1. The lowest BCUT2D eigenvalue weighted by Crippen LogP contribution is -2.33. The Kier molecular flexibility index (Phi) is 5.33. The third kappa shape index (κ3) is 3.24. The molecule has 0 heterocycles. The van der Waals surface area contributed by atoms with Crippen LogP contribution in [-0.4, -0.2) is 18.3 Å². The maximum Gasteiger partial charge on any atom is 0.241 e. The van der Waals surface area contributed by atoms with Crippen LogP contribution >= 0.6 is 11.6 Å². The molecule has 1 aromatic carbocycles. The van der Waals surface area contributed by atoms with Crippen LogP contribution in [0.3, 0.4) is 0 Å². The molecule has 0 unspecified atom stereocenters. The first-order valence-corrected chi connectivity index (χ1v) is 6.16. The number of para-hydroxylation sites is 1. The molecule has 0 aromatic heterocycles. The predicted molar refractivity (Wildman–Crippen MR) is 69.2 cm³/mol. The lowest BCUT2D eigenvalue weighted by Gasteiger charge is -2.23. The SMILES string of the molecule is CCCCN(C(=O)CCl)c1ccccc1C. The van der Waals surface area contributed by atoms with Gasteiger partial charge in [-0.15, -0.1) is 11.6 Å². The van der Waals surface area contributed by atoms with Gasteiger partial charge in [0.1, 0.15) is 5.88 Å². The van der Waals surface area contributed by atoms with Crippen molar-refractivity contribution >= 4 is 23.2 Å². The fourth-order valence-electron chi connectivity index (χ4n) is 1.63. The summed E-state index contributed by atoms with van der Waals surface area (Å²) in [6.45, 7) is 4.86. The van der Waals surface area contributed by atoms with Gasteiger partial charge in [-0.2, -0.15) is 0 Å². The summed E-state index contributed by atoms with van der Waals surface area (Å²) in [6, 6.07) is 7.90. The second kappa shape index (κ2) is 6.54. The number of anilines is 1. The molecule has 1 rings (SSSR count). The molecule has 0 spiro atoms. The van der Waals surface area contributed by atoms with Crippen molar-refractivity contribution in [2.75, 3.05) is 17.3 Å². The van der Waals surface area contributed by atoms with E-state index in [9.17, 15) is 4.79 Å². The van der Waals surface area contributed by atoms with E-state index < -0.39 is 0 Å². The Bertz CT molecular complexity index is 352. The van der Waals surface area contributed by atoms with E-state index in [1.54, 1.807) is 4.90 Å². The van der Waals surface area contributed by atoms with E-state index in [1.165, 1.54) is 0 Å². The summed E-state index contributed by atoms with van der Waals surface area (Å²) in [4.78, 5) is 13.5. The highest BCUT2D eigenvalue weighted by atomic mass is 35.5. The van der Waals surface area contributed by atoms with E-state index in [0.717, 1.165) is 30.6 Å². The molecule has 0 aliphatic heterocycles. The molecular formula is C13H18ClNO. The third-order valence-electron chi connectivity index (χ3n) is 2.56. The quantitative estimate of drug-likeness (QED) is 0.722. The number of carbonyl (C=O) groups is 1. The molecule has 0 fully saturated rings. The Morgan fingerprint density at radius 1 is 1.38 bits per heavy atom. The summed E-state index contributed by atoms with van der Waals surface area (Å²) in [5.41, 5.74) is 2.08. The number of aryl methyl sites for hydroxylation is 1. The van der Waals surface area contributed by atoms with Gasteiger partial charge in [0.15, 0.2) is 0 Å². The molecule has 0 aliphatic carbocycles. The lowest BCUT2D eigenvalue weighted by molar-refractivity contribution is -0.116. The molecule has 0 bridgehead atoms. The van der Waals surface area contributed by atoms with E-state index >= 15 is 0 Å². The summed E-state index contributed by atoms with van der Waals surface area (Å²) >= 11 is 5.64. The second-order valence-electron chi connectivity index (χ2n) is 3.82. The van der Waals surface area contributed by atoms with Crippen molar-refractivity contribution in [2.45, 2.75) is 26.7 Å². The van der Waals surface area contributed by atoms with Crippen molar-refractivity contribution in [1.29, 1.82) is 0 Å². The molecule has 0 radical (unpaired) electrons. The lowest BCUT2D eigenvalue weighted by atomic mass is 10.1. The second-order valence-corrected chi connectivity index (χ2v) is 4.09. The van der Waals surface area contributed by atoms with E-state index in [4.69, 9.17) is 11.6 Å². The Morgan fingerprint density at radius 2 is 2.06 bits per heavy atom. The Labute approximate surface area is 102 Å². The van der Waals surface area contributed by atoms with Gasteiger partial charge in [0.25, 0.3) is 0 Å². The van der Waals surface area contributed by atoms with Crippen LogP contribution in [0, 0.1) is 6.92 Å². The molecule has 16 heavy (non-hydrogen) atoms. The molecule has 1 amide bonds. The van der Waals surface area contributed by atoms with Crippen molar-refractivity contribution in [1.82, 2.24) is 0 Å². The first-order chi connectivity index (χ1) is 7.70. The van der Waals surface area contributed by atoms with Crippen molar-refractivity contribution in [3.05, 3.63) is 29.8 Å². The normalized spacial score (nSPS) is 10.2. The van der Waals surface area contributed by atoms with Gasteiger partial charge in [-0.1, -0.05) is 31.5 Å². The summed E-state index contributed by atoms with van der Waals surface area (Å²) in [5.74, 6) is 0.0160. The minimum atomic E-state index is -0.0237. The molecule has 0 aliphatic rings. The van der Waals surface area contributed by atoms with E-state index in [2.05, 4.69) is 6.92 Å². The van der Waals surface area contributed by atoms with Crippen LogP contribution in [0.25, 0.3) is 0 Å². The topological polar surface area (TPSA) is 20.3 Å². The smallest absolute Gasteiger partial charge is 0.241 e. The van der Waals surface area contributed by atoms with Crippen molar-refractivity contribution < 1.29 is 4.79 Å². The monoisotopic (exact) mass is 239 g/mol. The number of halogens is 1. The molecule has 0 atom stereocenters. The largest absolute Gasteiger partial charge is 0.311 e. The average molecular weight is 240 g/mol. The molecule has 88 valence electrons. The van der Waals surface area contributed by atoms with E-state index in [-0.39, 0.29) is 11.8 Å². The predicted octanol–water partition coefficient (Wildman–Crippen LogP) is 3.37. The maximum atomic E-state index is 11.8. The van der Waals surface area contributed by atoms with Crippen LogP contribution in [0.15, 0.2) is 24.3 Å². The third-order valence-corrected chi connectivity index (χ3v) is 2.79. The summed E-state index contributed by atoms with van der Waals surface area (Å²) in [6.07, 6.45) is 2.06. The van der Waals surface area contributed by atoms with E-state index in [0.29, 0.717) is 0 Å². The highest BCUT2D eigenvalue weighted by Crippen LogP contribution is 2.20. The van der Waals surface area contributed by atoms with Gasteiger partial charge in [-0.3, -0.25) is 4.79 Å².